The van der Waals surface area contributed by atoms with Crippen molar-refractivity contribution in [2.24, 2.45) is 8.76 Å². The summed E-state index contributed by atoms with van der Waals surface area (Å²) in [6.07, 6.45) is 8.98. The van der Waals surface area contributed by atoms with Crippen LogP contribution >= 0.6 is 11.8 Å². The first-order valence-electron chi connectivity index (χ1n) is 13.7. The molecule has 0 saturated heterocycles. The van der Waals surface area contributed by atoms with Crippen LogP contribution < -0.4 is 10.6 Å². The van der Waals surface area contributed by atoms with E-state index < -0.39 is 9.92 Å². The molecule has 0 amide bonds. The zero-order chi connectivity index (χ0) is 27.1. The van der Waals surface area contributed by atoms with Crippen molar-refractivity contribution in [3.63, 3.8) is 0 Å². The first kappa shape index (κ1) is 23.3. The van der Waals surface area contributed by atoms with Gasteiger partial charge in [-0.25, -0.2) is 4.21 Å². The Labute approximate surface area is 241 Å². The molecule has 1 aromatic heterocycles. The van der Waals surface area contributed by atoms with Gasteiger partial charge >= 0.3 is 0 Å². The molecule has 196 valence electrons. The number of allylic oxidation sites excluding steroid dienone is 3. The Morgan fingerprint density at radius 2 is 1.44 bits per heavy atom. The van der Waals surface area contributed by atoms with Crippen molar-refractivity contribution in [3.8, 4) is 0 Å². The number of aromatic nitrogens is 1. The normalized spacial score (nSPS) is 22.4. The van der Waals surface area contributed by atoms with Crippen LogP contribution in [0.5, 0.6) is 0 Å². The summed E-state index contributed by atoms with van der Waals surface area (Å²) in [4.78, 5) is 1.88. The lowest BCUT2D eigenvalue weighted by Gasteiger charge is -2.18. The molecule has 4 nitrogen and oxygen atoms in total. The van der Waals surface area contributed by atoms with Crippen molar-refractivity contribution in [2.45, 2.75) is 21.0 Å². The van der Waals surface area contributed by atoms with Crippen molar-refractivity contribution >= 4 is 60.1 Å². The summed E-state index contributed by atoms with van der Waals surface area (Å²) in [5.41, 5.74) is 3.55. The molecule has 0 saturated carbocycles. The van der Waals surface area contributed by atoms with Gasteiger partial charge in [-0.2, -0.15) is 8.76 Å². The van der Waals surface area contributed by atoms with E-state index in [0.29, 0.717) is 27.2 Å². The fourth-order valence-corrected chi connectivity index (χ4v) is 9.70. The molecule has 3 aliphatic rings. The van der Waals surface area contributed by atoms with Crippen molar-refractivity contribution < 1.29 is 4.21 Å². The van der Waals surface area contributed by atoms with Crippen LogP contribution in [0.15, 0.2) is 146 Å². The summed E-state index contributed by atoms with van der Waals surface area (Å²) < 4.78 is 26.7. The topological polar surface area (TPSA) is 46.7 Å². The minimum absolute atomic E-state index is 0.296. The molecular weight excluding hydrogens is 543 g/mol. The highest BCUT2D eigenvalue weighted by atomic mass is 32.2. The Morgan fingerprint density at radius 3 is 2.32 bits per heavy atom. The van der Waals surface area contributed by atoms with E-state index in [2.05, 4.69) is 77.4 Å². The number of hydrogen-bond donors (Lipinski definition) is 0. The van der Waals surface area contributed by atoms with E-state index in [1.165, 1.54) is 26.6 Å². The molecule has 3 heterocycles. The zero-order valence-corrected chi connectivity index (χ0v) is 23.5. The Balaban J connectivity index is 1.52. The highest BCUT2D eigenvalue weighted by molar-refractivity contribution is 8.00. The van der Waals surface area contributed by atoms with E-state index in [-0.39, 0.29) is 0 Å². The van der Waals surface area contributed by atoms with Crippen molar-refractivity contribution in [1.82, 2.24) is 4.57 Å². The van der Waals surface area contributed by atoms with Crippen LogP contribution in [0.25, 0.3) is 38.4 Å². The Bertz CT molecular complexity index is 2410. The van der Waals surface area contributed by atoms with Crippen molar-refractivity contribution in [1.29, 1.82) is 0 Å². The Morgan fingerprint density at radius 1 is 0.732 bits per heavy atom. The molecule has 3 unspecified atom stereocenters. The maximum Gasteiger partial charge on any atom is 0.186 e. The Kier molecular flexibility index (Phi) is 4.87. The average Bonchev–Trinajstić information content (AvgIpc) is 3.58. The lowest BCUT2D eigenvalue weighted by atomic mass is 9.87. The van der Waals surface area contributed by atoms with Crippen LogP contribution in [-0.2, 0) is 9.92 Å². The summed E-state index contributed by atoms with van der Waals surface area (Å²) in [5.74, 6) is 0.972. The van der Waals surface area contributed by atoms with E-state index in [0.717, 1.165) is 21.6 Å². The molecule has 2 aliphatic heterocycles. The number of benzene rings is 5. The zero-order valence-electron chi connectivity index (χ0n) is 21.8. The van der Waals surface area contributed by atoms with E-state index in [1.54, 1.807) is 0 Å². The number of fused-ring (bicyclic) bond motifs is 11. The van der Waals surface area contributed by atoms with Crippen LogP contribution in [0.2, 0.25) is 0 Å². The molecule has 9 rings (SSSR count). The molecule has 1 aliphatic carbocycles. The van der Waals surface area contributed by atoms with Crippen LogP contribution in [0.3, 0.4) is 0 Å². The number of rotatable bonds is 2. The smallest absolute Gasteiger partial charge is 0.186 e. The van der Waals surface area contributed by atoms with Crippen molar-refractivity contribution in [2.75, 3.05) is 0 Å². The van der Waals surface area contributed by atoms with Gasteiger partial charge in [-0.1, -0.05) is 97.1 Å². The largest absolute Gasteiger partial charge is 0.291 e. The lowest BCUT2D eigenvalue weighted by molar-refractivity contribution is 0.676. The minimum atomic E-state index is -3.11. The average molecular weight is 566 g/mol. The van der Waals surface area contributed by atoms with Gasteiger partial charge in [0.1, 0.15) is 0 Å². The third-order valence-electron chi connectivity index (χ3n) is 8.33. The van der Waals surface area contributed by atoms with E-state index >= 15 is 0 Å². The predicted molar refractivity (Wildman–Crippen MR) is 169 cm³/mol. The maximum absolute atomic E-state index is 14.6. The number of nitrogens with zero attached hydrogens (tertiary/aromatic N) is 3. The second-order valence-corrected chi connectivity index (χ2v) is 13.6. The number of hydrogen-bond acceptors (Lipinski definition) is 3. The lowest BCUT2D eigenvalue weighted by Crippen LogP contribution is -2.32. The second-order valence-electron chi connectivity index (χ2n) is 10.6. The highest BCUT2D eigenvalue weighted by Crippen LogP contribution is 2.55. The molecule has 0 radical (unpaired) electrons. The molecular formula is C35H23N3OS2. The number of thioether (sulfide) groups is 1. The van der Waals surface area contributed by atoms with E-state index in [9.17, 15) is 4.21 Å². The summed E-state index contributed by atoms with van der Waals surface area (Å²) in [6.45, 7) is 0. The standard InChI is InChI=1S/C35H23N3OS2/c39-41(22-12-2-1-3-13-22)36-28-19-9-6-16-25(28)35(37-41)38-29-20-10-7-17-26(29)31-23-14-4-5-15-24(23)32-27-18-8-11-21-30(27)40-34(32)33(31)38/h1-21,27,30H. The molecule has 5 aromatic carbocycles. The van der Waals surface area contributed by atoms with E-state index in [1.807, 2.05) is 66.4 Å². The quantitative estimate of drug-likeness (QED) is 0.221. The van der Waals surface area contributed by atoms with Gasteiger partial charge in [-0.15, -0.1) is 11.8 Å². The van der Waals surface area contributed by atoms with Gasteiger partial charge in [-0.05, 0) is 46.7 Å². The molecule has 0 bridgehead atoms. The van der Waals surface area contributed by atoms with Gasteiger partial charge in [-0.3, -0.25) is 4.57 Å². The fourth-order valence-electron chi connectivity index (χ4n) is 6.61. The third-order valence-corrected chi connectivity index (χ3v) is 11.5. The van der Waals surface area contributed by atoms with Gasteiger partial charge in [0, 0.05) is 32.1 Å². The molecule has 6 heteroatoms. The third kappa shape index (κ3) is 3.23. The minimum Gasteiger partial charge on any atom is -0.291 e. The second kappa shape index (κ2) is 8.56. The summed E-state index contributed by atoms with van der Waals surface area (Å²) in [5, 5.41) is 6.82. The molecule has 0 N–H and O–H groups in total. The molecule has 3 atom stereocenters. The molecule has 41 heavy (non-hydrogen) atoms. The van der Waals surface area contributed by atoms with E-state index in [4.69, 9.17) is 8.76 Å². The monoisotopic (exact) mass is 565 g/mol. The summed E-state index contributed by atoms with van der Waals surface area (Å²) >= 11 is 1.93. The van der Waals surface area contributed by atoms with Crippen LogP contribution in [0.1, 0.15) is 11.5 Å². The van der Waals surface area contributed by atoms with Crippen molar-refractivity contribution in [3.05, 3.63) is 144 Å². The van der Waals surface area contributed by atoms with Gasteiger partial charge in [0.25, 0.3) is 0 Å². The fraction of sp³-hybridized carbons (Fsp3) is 0.0571. The van der Waals surface area contributed by atoms with Crippen LogP contribution in [0, 0.1) is 0 Å². The highest BCUT2D eigenvalue weighted by Gasteiger charge is 2.37. The van der Waals surface area contributed by atoms with Gasteiger partial charge < -0.3 is 0 Å². The molecule has 6 aromatic rings. The maximum atomic E-state index is 14.6. The van der Waals surface area contributed by atoms with Gasteiger partial charge in [0.15, 0.2) is 15.7 Å². The van der Waals surface area contributed by atoms with Gasteiger partial charge in [0.2, 0.25) is 0 Å². The number of para-hydroxylation sites is 1. The molecule has 0 spiro atoms. The van der Waals surface area contributed by atoms with Gasteiger partial charge in [0.05, 0.1) is 21.3 Å². The van der Waals surface area contributed by atoms with Crippen LogP contribution in [-0.4, -0.2) is 14.0 Å². The molecule has 0 fully saturated rings. The first-order valence-corrected chi connectivity index (χ1v) is 16.1. The SMILES string of the molecule is O=S1(c2ccccc2)=NC(n2c3ccccc3c3c4ccccc4c4c(c32)SC2C=CC=CC42)=c2ccccc2=N1. The summed E-state index contributed by atoms with van der Waals surface area (Å²) in [6, 6.07) is 34.7. The first-order chi connectivity index (χ1) is 20.2. The predicted octanol–water partition coefficient (Wildman–Crippen LogP) is 7.32. The summed E-state index contributed by atoms with van der Waals surface area (Å²) in [7, 11) is -3.11. The Hall–Kier alpha value is -4.39. The van der Waals surface area contributed by atoms with Crippen LogP contribution in [0.4, 0.5) is 0 Å².